The van der Waals surface area contributed by atoms with E-state index < -0.39 is 0 Å². The van der Waals surface area contributed by atoms with E-state index in [0.717, 1.165) is 17.9 Å². The third-order valence-electron chi connectivity index (χ3n) is 5.39. The van der Waals surface area contributed by atoms with Crippen LogP contribution in [0.5, 0.6) is 5.75 Å². The van der Waals surface area contributed by atoms with Gasteiger partial charge < -0.3 is 15.0 Å². The highest BCUT2D eigenvalue weighted by Gasteiger charge is 2.14. The van der Waals surface area contributed by atoms with Crippen LogP contribution in [0.1, 0.15) is 42.9 Å². The van der Waals surface area contributed by atoms with Crippen molar-refractivity contribution in [2.45, 2.75) is 45.8 Å². The Morgan fingerprint density at radius 1 is 1.03 bits per heavy atom. The first kappa shape index (κ1) is 21.2. The number of carbonyl (C=O) groups is 1. The summed E-state index contributed by atoms with van der Waals surface area (Å²) in [5, 5.41) is 3.07. The molecule has 29 heavy (non-hydrogen) atoms. The molecule has 0 atom stereocenters. The zero-order valence-electron chi connectivity index (χ0n) is 17.7. The average molecular weight is 396 g/mol. The quantitative estimate of drug-likeness (QED) is 0.720. The number of amides is 2. The highest BCUT2D eigenvalue weighted by molar-refractivity contribution is 5.73. The standard InChI is InChI=1S/C24H33N3O2/c1-3-29-23-13-11-20(12-14-23)18-26(2)24(28)25-17-21-9-5-6-10-22(21)19-27-15-7-4-8-16-27/h5-6,9-14H,3-4,7-8,15-19H2,1-2H3,(H,25,28). The van der Waals surface area contributed by atoms with Crippen molar-refractivity contribution in [3.05, 3.63) is 65.2 Å². The smallest absolute Gasteiger partial charge is 0.317 e. The predicted molar refractivity (Wildman–Crippen MR) is 117 cm³/mol. The molecule has 0 saturated carbocycles. The van der Waals surface area contributed by atoms with Crippen molar-refractivity contribution < 1.29 is 9.53 Å². The summed E-state index contributed by atoms with van der Waals surface area (Å²) in [6.07, 6.45) is 3.92. The molecule has 5 heteroatoms. The number of hydrogen-bond donors (Lipinski definition) is 1. The second kappa shape index (κ2) is 10.9. The second-order valence-electron chi connectivity index (χ2n) is 7.70. The Hall–Kier alpha value is -2.53. The summed E-state index contributed by atoms with van der Waals surface area (Å²) in [6, 6.07) is 16.3. The van der Waals surface area contributed by atoms with E-state index in [1.165, 1.54) is 43.5 Å². The van der Waals surface area contributed by atoms with Gasteiger partial charge in [-0.05, 0) is 61.7 Å². The third kappa shape index (κ3) is 6.50. The first-order chi connectivity index (χ1) is 14.2. The Morgan fingerprint density at radius 3 is 2.41 bits per heavy atom. The van der Waals surface area contributed by atoms with E-state index >= 15 is 0 Å². The van der Waals surface area contributed by atoms with Crippen LogP contribution in [0, 0.1) is 0 Å². The summed E-state index contributed by atoms with van der Waals surface area (Å²) >= 11 is 0. The number of hydrogen-bond acceptors (Lipinski definition) is 3. The molecule has 2 aromatic carbocycles. The van der Waals surface area contributed by atoms with Crippen molar-refractivity contribution in [1.29, 1.82) is 0 Å². The maximum absolute atomic E-state index is 12.6. The number of ether oxygens (including phenoxy) is 1. The number of nitrogens with zero attached hydrogens (tertiary/aromatic N) is 2. The second-order valence-corrected chi connectivity index (χ2v) is 7.70. The van der Waals surface area contributed by atoms with E-state index in [9.17, 15) is 4.79 Å². The van der Waals surface area contributed by atoms with Gasteiger partial charge in [-0.1, -0.05) is 42.8 Å². The summed E-state index contributed by atoms with van der Waals surface area (Å²) < 4.78 is 5.47. The van der Waals surface area contributed by atoms with Crippen LogP contribution in [-0.2, 0) is 19.6 Å². The minimum Gasteiger partial charge on any atom is -0.494 e. The van der Waals surface area contributed by atoms with Crippen molar-refractivity contribution >= 4 is 6.03 Å². The number of rotatable bonds is 8. The van der Waals surface area contributed by atoms with Crippen LogP contribution in [-0.4, -0.2) is 42.6 Å². The molecule has 1 saturated heterocycles. The lowest BCUT2D eigenvalue weighted by Gasteiger charge is -2.27. The van der Waals surface area contributed by atoms with Crippen molar-refractivity contribution in [2.24, 2.45) is 0 Å². The zero-order valence-corrected chi connectivity index (χ0v) is 17.7. The van der Waals surface area contributed by atoms with Gasteiger partial charge in [0.2, 0.25) is 0 Å². The number of nitrogens with one attached hydrogen (secondary N) is 1. The molecule has 0 unspecified atom stereocenters. The molecule has 2 aromatic rings. The molecule has 1 N–H and O–H groups in total. The van der Waals surface area contributed by atoms with Crippen LogP contribution >= 0.6 is 0 Å². The Kier molecular flexibility index (Phi) is 7.94. The highest BCUT2D eigenvalue weighted by Crippen LogP contribution is 2.17. The average Bonchev–Trinajstić information content (AvgIpc) is 2.75. The molecule has 0 spiro atoms. The van der Waals surface area contributed by atoms with Crippen LogP contribution in [0.15, 0.2) is 48.5 Å². The summed E-state index contributed by atoms with van der Waals surface area (Å²) in [5.41, 5.74) is 3.58. The van der Waals surface area contributed by atoms with Crippen molar-refractivity contribution in [1.82, 2.24) is 15.1 Å². The molecular weight excluding hydrogens is 362 g/mol. The largest absolute Gasteiger partial charge is 0.494 e. The first-order valence-corrected chi connectivity index (χ1v) is 10.7. The van der Waals surface area contributed by atoms with Gasteiger partial charge in [-0.25, -0.2) is 4.79 Å². The zero-order chi connectivity index (χ0) is 20.5. The van der Waals surface area contributed by atoms with E-state index in [1.54, 1.807) is 4.90 Å². The molecule has 1 fully saturated rings. The lowest BCUT2D eigenvalue weighted by Crippen LogP contribution is -2.36. The molecular formula is C24H33N3O2. The van der Waals surface area contributed by atoms with Crippen molar-refractivity contribution in [3.63, 3.8) is 0 Å². The third-order valence-corrected chi connectivity index (χ3v) is 5.39. The minimum absolute atomic E-state index is 0.0633. The van der Waals surface area contributed by atoms with Gasteiger partial charge in [-0.3, -0.25) is 4.90 Å². The van der Waals surface area contributed by atoms with Crippen LogP contribution in [0.4, 0.5) is 4.79 Å². The van der Waals surface area contributed by atoms with E-state index in [-0.39, 0.29) is 6.03 Å². The van der Waals surface area contributed by atoms with Gasteiger partial charge >= 0.3 is 6.03 Å². The van der Waals surface area contributed by atoms with Crippen molar-refractivity contribution in [3.8, 4) is 5.75 Å². The van der Waals surface area contributed by atoms with Gasteiger partial charge in [-0.15, -0.1) is 0 Å². The fourth-order valence-corrected chi connectivity index (χ4v) is 3.75. The van der Waals surface area contributed by atoms with Gasteiger partial charge in [0.25, 0.3) is 0 Å². The van der Waals surface area contributed by atoms with E-state index in [2.05, 4.69) is 28.4 Å². The molecule has 1 heterocycles. The number of carbonyl (C=O) groups excluding carboxylic acids is 1. The molecule has 1 aliphatic heterocycles. The maximum atomic E-state index is 12.6. The Labute approximate surface area is 174 Å². The SMILES string of the molecule is CCOc1ccc(CN(C)C(=O)NCc2ccccc2CN2CCCCC2)cc1. The van der Waals surface area contributed by atoms with E-state index in [0.29, 0.717) is 19.7 Å². The number of benzene rings is 2. The molecule has 0 aliphatic carbocycles. The fraction of sp³-hybridized carbons (Fsp3) is 0.458. The topological polar surface area (TPSA) is 44.8 Å². The molecule has 0 bridgehead atoms. The normalized spacial score (nSPS) is 14.4. The number of piperidine rings is 1. The minimum atomic E-state index is -0.0633. The molecule has 3 rings (SSSR count). The molecule has 1 aliphatic rings. The summed E-state index contributed by atoms with van der Waals surface area (Å²) in [6.45, 7) is 7.05. The van der Waals surface area contributed by atoms with Gasteiger partial charge in [0.1, 0.15) is 5.75 Å². The van der Waals surface area contributed by atoms with Crippen LogP contribution in [0.25, 0.3) is 0 Å². The highest BCUT2D eigenvalue weighted by atomic mass is 16.5. The molecule has 156 valence electrons. The number of likely N-dealkylation sites (tertiary alicyclic amines) is 1. The molecule has 0 radical (unpaired) electrons. The Morgan fingerprint density at radius 2 is 1.72 bits per heavy atom. The van der Waals surface area contributed by atoms with Gasteiger partial charge in [0.15, 0.2) is 0 Å². The first-order valence-electron chi connectivity index (χ1n) is 10.7. The predicted octanol–water partition coefficient (Wildman–Crippen LogP) is 4.41. The monoisotopic (exact) mass is 395 g/mol. The lowest BCUT2D eigenvalue weighted by atomic mass is 10.0. The van der Waals surface area contributed by atoms with E-state index in [4.69, 9.17) is 4.74 Å². The number of urea groups is 1. The van der Waals surface area contributed by atoms with Gasteiger partial charge in [0, 0.05) is 26.7 Å². The summed E-state index contributed by atoms with van der Waals surface area (Å²) in [5.74, 6) is 0.855. The maximum Gasteiger partial charge on any atom is 0.317 e. The van der Waals surface area contributed by atoms with Crippen LogP contribution in [0.3, 0.4) is 0 Å². The molecule has 2 amide bonds. The van der Waals surface area contributed by atoms with Gasteiger partial charge in [0.05, 0.1) is 6.61 Å². The van der Waals surface area contributed by atoms with Crippen LogP contribution in [0.2, 0.25) is 0 Å². The van der Waals surface area contributed by atoms with Crippen LogP contribution < -0.4 is 10.1 Å². The lowest BCUT2D eigenvalue weighted by molar-refractivity contribution is 0.206. The fourth-order valence-electron chi connectivity index (χ4n) is 3.75. The van der Waals surface area contributed by atoms with Crippen molar-refractivity contribution in [2.75, 3.05) is 26.7 Å². The van der Waals surface area contributed by atoms with Gasteiger partial charge in [-0.2, -0.15) is 0 Å². The summed E-state index contributed by atoms with van der Waals surface area (Å²) in [7, 11) is 1.82. The molecule has 5 nitrogen and oxygen atoms in total. The van der Waals surface area contributed by atoms with E-state index in [1.807, 2.05) is 44.3 Å². The Bertz CT molecular complexity index is 770. The molecule has 0 aromatic heterocycles. The summed E-state index contributed by atoms with van der Waals surface area (Å²) in [4.78, 5) is 16.8. The Balaban J connectivity index is 1.51.